The Morgan fingerprint density at radius 2 is 1.81 bits per heavy atom. The lowest BCUT2D eigenvalue weighted by atomic mass is 9.89. The van der Waals surface area contributed by atoms with E-state index in [2.05, 4.69) is 60.7 Å². The molecule has 0 spiro atoms. The number of rotatable bonds is 10. The Kier molecular flexibility index (Phi) is 8.42. The van der Waals surface area contributed by atoms with Gasteiger partial charge in [0.05, 0.1) is 5.69 Å². The van der Waals surface area contributed by atoms with Crippen molar-refractivity contribution in [3.8, 4) is 0 Å². The minimum Gasteiger partial charge on any atom is -0.396 e. The van der Waals surface area contributed by atoms with Crippen molar-refractivity contribution in [2.45, 2.75) is 53.0 Å². The molecule has 2 aromatic carbocycles. The van der Waals surface area contributed by atoms with E-state index >= 15 is 0 Å². The highest BCUT2D eigenvalue weighted by molar-refractivity contribution is 7.14. The molecule has 0 radical (unpaired) electrons. The third-order valence-electron chi connectivity index (χ3n) is 5.23. The standard InChI is InChI=1S/C26H33N3O2S/c1-26(2,3)15-6-8-20-7-4-5-9-23(20)27-17-19-10-12-21(13-11-19)24(31)29-25-28-22(14-16-30)18-32-25/h4-5,7,9-13,18,27,30H,6,8,14-17H2,1-3H3,(H,28,29,31). The first-order chi connectivity index (χ1) is 15.3. The topological polar surface area (TPSA) is 74.2 Å². The van der Waals surface area contributed by atoms with Gasteiger partial charge in [0.1, 0.15) is 0 Å². The summed E-state index contributed by atoms with van der Waals surface area (Å²) in [6, 6.07) is 16.1. The average molecular weight is 452 g/mol. The molecule has 170 valence electrons. The molecule has 0 aliphatic carbocycles. The van der Waals surface area contributed by atoms with Crippen LogP contribution in [-0.2, 0) is 19.4 Å². The summed E-state index contributed by atoms with van der Waals surface area (Å²) in [4.78, 5) is 16.8. The van der Waals surface area contributed by atoms with E-state index in [0.29, 0.717) is 29.1 Å². The third-order valence-corrected chi connectivity index (χ3v) is 6.04. The molecule has 5 nitrogen and oxygen atoms in total. The molecule has 1 aromatic heterocycles. The predicted octanol–water partition coefficient (Wildman–Crippen LogP) is 5.91. The third kappa shape index (κ3) is 7.46. The Labute approximate surface area is 194 Å². The Hall–Kier alpha value is -2.70. The molecule has 3 aromatic rings. The van der Waals surface area contributed by atoms with E-state index in [1.807, 2.05) is 29.6 Å². The van der Waals surface area contributed by atoms with Crippen molar-refractivity contribution in [2.24, 2.45) is 5.41 Å². The van der Waals surface area contributed by atoms with Gasteiger partial charge in [0.2, 0.25) is 0 Å². The number of aryl methyl sites for hydroxylation is 1. The van der Waals surface area contributed by atoms with Crippen molar-refractivity contribution < 1.29 is 9.90 Å². The molecule has 0 saturated heterocycles. The number of carbonyl (C=O) groups excluding carboxylic acids is 1. The minimum atomic E-state index is -0.182. The van der Waals surface area contributed by atoms with Gasteiger partial charge < -0.3 is 10.4 Å². The van der Waals surface area contributed by atoms with Crippen molar-refractivity contribution in [1.82, 2.24) is 4.98 Å². The lowest BCUT2D eigenvalue weighted by Gasteiger charge is -2.18. The number of para-hydroxylation sites is 1. The maximum absolute atomic E-state index is 12.5. The van der Waals surface area contributed by atoms with Crippen LogP contribution in [0.1, 0.15) is 60.8 Å². The number of amides is 1. The first-order valence-electron chi connectivity index (χ1n) is 11.1. The molecular weight excluding hydrogens is 418 g/mol. The van der Waals surface area contributed by atoms with Gasteiger partial charge in [-0.05, 0) is 54.0 Å². The number of nitrogens with one attached hydrogen (secondary N) is 2. The lowest BCUT2D eigenvalue weighted by molar-refractivity contribution is 0.102. The molecule has 0 aliphatic heterocycles. The van der Waals surface area contributed by atoms with Crippen LogP contribution in [0, 0.1) is 5.41 Å². The summed E-state index contributed by atoms with van der Waals surface area (Å²) in [6.07, 6.45) is 3.94. The fourth-order valence-electron chi connectivity index (χ4n) is 3.45. The highest BCUT2D eigenvalue weighted by atomic mass is 32.1. The minimum absolute atomic E-state index is 0.0496. The maximum Gasteiger partial charge on any atom is 0.257 e. The molecule has 3 rings (SSSR count). The Morgan fingerprint density at radius 1 is 1.06 bits per heavy atom. The number of benzene rings is 2. The van der Waals surface area contributed by atoms with E-state index in [1.54, 1.807) is 0 Å². The van der Waals surface area contributed by atoms with Crippen LogP contribution in [0.5, 0.6) is 0 Å². The maximum atomic E-state index is 12.5. The number of nitrogens with zero attached hydrogens (tertiary/aromatic N) is 1. The molecule has 0 atom stereocenters. The zero-order valence-corrected chi connectivity index (χ0v) is 20.0. The summed E-state index contributed by atoms with van der Waals surface area (Å²) in [5.41, 5.74) is 5.37. The summed E-state index contributed by atoms with van der Waals surface area (Å²) in [5.74, 6) is -0.182. The first kappa shape index (κ1) is 24.0. The molecule has 1 amide bonds. The van der Waals surface area contributed by atoms with Gasteiger partial charge in [-0.15, -0.1) is 11.3 Å². The Balaban J connectivity index is 1.54. The zero-order chi connectivity index (χ0) is 23.0. The van der Waals surface area contributed by atoms with Crippen molar-refractivity contribution in [1.29, 1.82) is 0 Å². The second-order valence-corrected chi connectivity index (χ2v) is 10.1. The number of carbonyl (C=O) groups is 1. The first-order valence-corrected chi connectivity index (χ1v) is 12.0. The van der Waals surface area contributed by atoms with Crippen LogP contribution in [-0.4, -0.2) is 22.6 Å². The van der Waals surface area contributed by atoms with Crippen molar-refractivity contribution in [2.75, 3.05) is 17.2 Å². The molecule has 0 unspecified atom stereocenters. The SMILES string of the molecule is CC(C)(C)CCCc1ccccc1NCc1ccc(C(=O)Nc2nc(CCO)cs2)cc1. The zero-order valence-electron chi connectivity index (χ0n) is 19.1. The van der Waals surface area contributed by atoms with Gasteiger partial charge in [-0.2, -0.15) is 0 Å². The van der Waals surface area contributed by atoms with Gasteiger partial charge in [0.25, 0.3) is 5.91 Å². The summed E-state index contributed by atoms with van der Waals surface area (Å²) < 4.78 is 0. The van der Waals surface area contributed by atoms with Crippen molar-refractivity contribution in [3.63, 3.8) is 0 Å². The smallest absolute Gasteiger partial charge is 0.257 e. The van der Waals surface area contributed by atoms with Gasteiger partial charge in [-0.1, -0.05) is 51.1 Å². The van der Waals surface area contributed by atoms with E-state index in [9.17, 15) is 4.79 Å². The molecule has 6 heteroatoms. The number of anilines is 2. The van der Waals surface area contributed by atoms with Gasteiger partial charge in [-0.25, -0.2) is 4.98 Å². The summed E-state index contributed by atoms with van der Waals surface area (Å²) >= 11 is 1.37. The van der Waals surface area contributed by atoms with Crippen LogP contribution in [0.2, 0.25) is 0 Å². The van der Waals surface area contributed by atoms with E-state index in [1.165, 1.54) is 35.4 Å². The van der Waals surface area contributed by atoms with Gasteiger partial charge in [0, 0.05) is 36.2 Å². The number of hydrogen-bond acceptors (Lipinski definition) is 5. The van der Waals surface area contributed by atoms with Crippen LogP contribution >= 0.6 is 11.3 Å². The number of aromatic nitrogens is 1. The molecule has 0 fully saturated rings. The Bertz CT molecular complexity index is 1010. The Morgan fingerprint density at radius 3 is 2.53 bits per heavy atom. The monoisotopic (exact) mass is 451 g/mol. The number of aliphatic hydroxyl groups is 1. The molecular formula is C26H33N3O2S. The molecule has 0 aliphatic rings. The van der Waals surface area contributed by atoms with E-state index < -0.39 is 0 Å². The fourth-order valence-corrected chi connectivity index (χ4v) is 4.19. The van der Waals surface area contributed by atoms with Crippen molar-refractivity contribution >= 4 is 28.1 Å². The average Bonchev–Trinajstić information content (AvgIpc) is 3.19. The second-order valence-electron chi connectivity index (χ2n) is 9.19. The van der Waals surface area contributed by atoms with E-state index in [0.717, 1.165) is 17.7 Å². The summed E-state index contributed by atoms with van der Waals surface area (Å²) in [7, 11) is 0. The normalized spacial score (nSPS) is 11.4. The van der Waals surface area contributed by atoms with Crippen LogP contribution in [0.3, 0.4) is 0 Å². The largest absolute Gasteiger partial charge is 0.396 e. The molecule has 32 heavy (non-hydrogen) atoms. The highest BCUT2D eigenvalue weighted by Gasteiger charge is 2.11. The summed E-state index contributed by atoms with van der Waals surface area (Å²) in [6.45, 7) is 7.61. The van der Waals surface area contributed by atoms with Gasteiger partial charge in [-0.3, -0.25) is 10.1 Å². The highest BCUT2D eigenvalue weighted by Crippen LogP contribution is 2.24. The predicted molar refractivity (Wildman–Crippen MR) is 133 cm³/mol. The fraction of sp³-hybridized carbons (Fsp3) is 0.385. The van der Waals surface area contributed by atoms with E-state index in [-0.39, 0.29) is 12.5 Å². The molecule has 0 bridgehead atoms. The van der Waals surface area contributed by atoms with Crippen LogP contribution in [0.4, 0.5) is 10.8 Å². The quantitative estimate of drug-likeness (QED) is 0.358. The second kappa shape index (κ2) is 11.2. The van der Waals surface area contributed by atoms with Crippen LogP contribution < -0.4 is 10.6 Å². The van der Waals surface area contributed by atoms with Gasteiger partial charge in [0.15, 0.2) is 5.13 Å². The van der Waals surface area contributed by atoms with Crippen molar-refractivity contribution in [3.05, 3.63) is 76.3 Å². The number of hydrogen-bond donors (Lipinski definition) is 3. The van der Waals surface area contributed by atoms with Crippen LogP contribution in [0.15, 0.2) is 53.9 Å². The summed E-state index contributed by atoms with van der Waals surface area (Å²) in [5, 5.41) is 17.8. The van der Waals surface area contributed by atoms with Gasteiger partial charge >= 0.3 is 0 Å². The molecule has 0 saturated carbocycles. The van der Waals surface area contributed by atoms with Crippen LogP contribution in [0.25, 0.3) is 0 Å². The molecule has 3 N–H and O–H groups in total. The molecule has 1 heterocycles. The van der Waals surface area contributed by atoms with E-state index in [4.69, 9.17) is 5.11 Å². The lowest BCUT2D eigenvalue weighted by Crippen LogP contribution is -2.12. The number of thiazole rings is 1. The number of aliphatic hydroxyl groups excluding tert-OH is 1.